The van der Waals surface area contributed by atoms with Gasteiger partial charge in [0, 0.05) is 43.0 Å². The standard InChI is InChI=1S/C27H30N4O2/c1-31(17-20-6-5-15-28-16-20)27(32)22-11-13-23-24(14-12-22)29-25(21-7-3-2-4-8-21)30-26(23)33-18-19-9-10-19/h2-8,15-16,19,22H,9-14,17-18H2,1H3. The first kappa shape index (κ1) is 21.6. The molecule has 0 N–H and O–H groups in total. The molecule has 1 atom stereocenters. The van der Waals surface area contributed by atoms with Crippen molar-refractivity contribution in [2.45, 2.75) is 45.1 Å². The van der Waals surface area contributed by atoms with E-state index in [0.717, 1.165) is 48.1 Å². The van der Waals surface area contributed by atoms with E-state index in [2.05, 4.69) is 4.98 Å². The van der Waals surface area contributed by atoms with Gasteiger partial charge in [-0.2, -0.15) is 4.98 Å². The van der Waals surface area contributed by atoms with Gasteiger partial charge in [-0.1, -0.05) is 36.4 Å². The molecule has 2 aliphatic carbocycles. The van der Waals surface area contributed by atoms with Gasteiger partial charge >= 0.3 is 0 Å². The lowest BCUT2D eigenvalue weighted by Gasteiger charge is -2.22. The van der Waals surface area contributed by atoms with Crippen LogP contribution in [0, 0.1) is 11.8 Å². The Morgan fingerprint density at radius 1 is 1.03 bits per heavy atom. The van der Waals surface area contributed by atoms with Gasteiger partial charge < -0.3 is 9.64 Å². The van der Waals surface area contributed by atoms with Crippen LogP contribution >= 0.6 is 0 Å². The van der Waals surface area contributed by atoms with Crippen LogP contribution in [0.3, 0.4) is 0 Å². The van der Waals surface area contributed by atoms with Crippen LogP contribution in [0.25, 0.3) is 11.4 Å². The highest BCUT2D eigenvalue weighted by Gasteiger charge is 2.29. The molecule has 0 spiro atoms. The maximum absolute atomic E-state index is 13.2. The molecule has 6 nitrogen and oxygen atoms in total. The Hall–Kier alpha value is -3.28. The lowest BCUT2D eigenvalue weighted by molar-refractivity contribution is -0.135. The third kappa shape index (κ3) is 5.21. The molecule has 0 saturated heterocycles. The van der Waals surface area contributed by atoms with Gasteiger partial charge in [0.05, 0.1) is 12.3 Å². The molecular formula is C27H30N4O2. The second-order valence-corrected chi connectivity index (χ2v) is 9.23. The summed E-state index contributed by atoms with van der Waals surface area (Å²) in [6.45, 7) is 1.29. The van der Waals surface area contributed by atoms with E-state index in [1.807, 2.05) is 60.6 Å². The summed E-state index contributed by atoms with van der Waals surface area (Å²) in [7, 11) is 1.88. The van der Waals surface area contributed by atoms with E-state index >= 15 is 0 Å². The van der Waals surface area contributed by atoms with Crippen LogP contribution in [0.1, 0.15) is 42.5 Å². The van der Waals surface area contributed by atoms with Crippen molar-refractivity contribution >= 4 is 5.91 Å². The quantitative estimate of drug-likeness (QED) is 0.505. The van der Waals surface area contributed by atoms with Crippen molar-refractivity contribution in [1.29, 1.82) is 0 Å². The van der Waals surface area contributed by atoms with Crippen molar-refractivity contribution in [3.05, 3.63) is 71.7 Å². The zero-order valence-electron chi connectivity index (χ0n) is 19.1. The summed E-state index contributed by atoms with van der Waals surface area (Å²) >= 11 is 0. The summed E-state index contributed by atoms with van der Waals surface area (Å²) in [5.41, 5.74) is 4.14. The van der Waals surface area contributed by atoms with E-state index in [1.165, 1.54) is 12.8 Å². The number of benzene rings is 1. The lowest BCUT2D eigenvalue weighted by Crippen LogP contribution is -2.32. The molecule has 1 amide bonds. The van der Waals surface area contributed by atoms with Crippen molar-refractivity contribution in [2.24, 2.45) is 11.8 Å². The zero-order valence-corrected chi connectivity index (χ0v) is 19.1. The van der Waals surface area contributed by atoms with Gasteiger partial charge in [-0.25, -0.2) is 4.98 Å². The molecule has 3 aromatic rings. The number of carbonyl (C=O) groups is 1. The predicted molar refractivity (Wildman–Crippen MR) is 127 cm³/mol. The molecule has 6 heteroatoms. The summed E-state index contributed by atoms with van der Waals surface area (Å²) < 4.78 is 6.21. The number of nitrogens with zero attached hydrogens (tertiary/aromatic N) is 4. The largest absolute Gasteiger partial charge is 0.477 e. The minimum Gasteiger partial charge on any atom is -0.477 e. The molecule has 170 valence electrons. The van der Waals surface area contributed by atoms with Crippen molar-refractivity contribution in [1.82, 2.24) is 19.9 Å². The van der Waals surface area contributed by atoms with Crippen molar-refractivity contribution in [3.63, 3.8) is 0 Å². The Kier molecular flexibility index (Phi) is 6.33. The highest BCUT2D eigenvalue weighted by molar-refractivity contribution is 5.78. The lowest BCUT2D eigenvalue weighted by atomic mass is 9.98. The fourth-order valence-electron chi connectivity index (χ4n) is 4.46. The Morgan fingerprint density at radius 2 is 1.85 bits per heavy atom. The number of hydrogen-bond donors (Lipinski definition) is 0. The fourth-order valence-corrected chi connectivity index (χ4v) is 4.46. The second kappa shape index (κ2) is 9.69. The van der Waals surface area contributed by atoms with Gasteiger partial charge in [0.2, 0.25) is 11.8 Å². The molecule has 1 fully saturated rings. The van der Waals surface area contributed by atoms with Crippen molar-refractivity contribution in [3.8, 4) is 17.3 Å². The minimum absolute atomic E-state index is 0.0303. The maximum atomic E-state index is 13.2. The second-order valence-electron chi connectivity index (χ2n) is 9.23. The Labute approximate surface area is 195 Å². The average Bonchev–Trinajstić information content (AvgIpc) is 3.70. The van der Waals surface area contributed by atoms with Crippen LogP contribution in [0.5, 0.6) is 5.88 Å². The van der Waals surface area contributed by atoms with Crippen molar-refractivity contribution < 1.29 is 9.53 Å². The van der Waals surface area contributed by atoms with Crippen molar-refractivity contribution in [2.75, 3.05) is 13.7 Å². The summed E-state index contributed by atoms with van der Waals surface area (Å²) in [6, 6.07) is 14.0. The molecule has 2 heterocycles. The van der Waals surface area contributed by atoms with Gasteiger partial charge in [0.15, 0.2) is 5.82 Å². The Balaban J connectivity index is 1.35. The molecule has 5 rings (SSSR count). The van der Waals surface area contributed by atoms with Gasteiger partial charge in [-0.3, -0.25) is 9.78 Å². The highest BCUT2D eigenvalue weighted by atomic mass is 16.5. The number of amides is 1. The number of hydrogen-bond acceptors (Lipinski definition) is 5. The topological polar surface area (TPSA) is 68.2 Å². The number of ether oxygens (including phenoxy) is 1. The number of fused-ring (bicyclic) bond motifs is 1. The molecule has 1 aromatic carbocycles. The molecule has 1 saturated carbocycles. The van der Waals surface area contributed by atoms with Gasteiger partial charge in [0.25, 0.3) is 0 Å². The van der Waals surface area contributed by atoms with Crippen LogP contribution in [0.2, 0.25) is 0 Å². The summed E-state index contributed by atoms with van der Waals surface area (Å²) in [5.74, 6) is 2.22. The van der Waals surface area contributed by atoms with Gasteiger partial charge in [-0.15, -0.1) is 0 Å². The van der Waals surface area contributed by atoms with E-state index in [9.17, 15) is 4.79 Å². The zero-order chi connectivity index (χ0) is 22.6. The number of pyridine rings is 1. The third-order valence-electron chi connectivity index (χ3n) is 6.58. The first-order valence-electron chi connectivity index (χ1n) is 11.9. The average molecular weight is 443 g/mol. The summed E-state index contributed by atoms with van der Waals surface area (Å²) in [4.78, 5) is 29.0. The van der Waals surface area contributed by atoms with E-state index in [4.69, 9.17) is 14.7 Å². The monoisotopic (exact) mass is 442 g/mol. The van der Waals surface area contributed by atoms with E-state index < -0.39 is 0 Å². The predicted octanol–water partition coefficient (Wildman–Crippen LogP) is 4.48. The normalized spacial score (nSPS) is 17.7. The SMILES string of the molecule is CN(Cc1cccnc1)C(=O)C1CCc2nc(-c3ccccc3)nc(OCC3CC3)c2CC1. The number of aromatic nitrogens is 3. The molecule has 0 aliphatic heterocycles. The Morgan fingerprint density at radius 3 is 2.61 bits per heavy atom. The number of carbonyl (C=O) groups excluding carboxylic acids is 1. The first-order chi connectivity index (χ1) is 16.2. The molecule has 0 radical (unpaired) electrons. The van der Waals surface area contributed by atoms with E-state index in [1.54, 1.807) is 6.20 Å². The van der Waals surface area contributed by atoms with E-state index in [0.29, 0.717) is 30.8 Å². The molecule has 2 aromatic heterocycles. The van der Waals surface area contributed by atoms with Crippen LogP contribution in [-0.4, -0.2) is 39.4 Å². The van der Waals surface area contributed by atoms with Gasteiger partial charge in [0.1, 0.15) is 0 Å². The highest BCUT2D eigenvalue weighted by Crippen LogP contribution is 2.34. The van der Waals surface area contributed by atoms with Gasteiger partial charge in [-0.05, 0) is 56.1 Å². The first-order valence-corrected chi connectivity index (χ1v) is 11.9. The molecular weight excluding hydrogens is 412 g/mol. The fraction of sp³-hybridized carbons (Fsp3) is 0.407. The summed E-state index contributed by atoms with van der Waals surface area (Å²) in [5, 5.41) is 0. The third-order valence-corrected chi connectivity index (χ3v) is 6.58. The van der Waals surface area contributed by atoms with Crippen LogP contribution in [-0.2, 0) is 24.2 Å². The van der Waals surface area contributed by atoms with Crippen LogP contribution in [0.15, 0.2) is 54.9 Å². The summed E-state index contributed by atoms with van der Waals surface area (Å²) in [6.07, 6.45) is 9.14. The number of aryl methyl sites for hydroxylation is 1. The molecule has 1 unspecified atom stereocenters. The number of rotatable bonds is 7. The van der Waals surface area contributed by atoms with Crippen LogP contribution < -0.4 is 4.74 Å². The smallest absolute Gasteiger partial charge is 0.225 e. The minimum atomic E-state index is -0.0303. The van der Waals surface area contributed by atoms with Crippen LogP contribution in [0.4, 0.5) is 0 Å². The molecule has 0 bridgehead atoms. The molecule has 2 aliphatic rings. The maximum Gasteiger partial charge on any atom is 0.225 e. The van der Waals surface area contributed by atoms with E-state index in [-0.39, 0.29) is 11.8 Å². The molecule has 33 heavy (non-hydrogen) atoms. The Bertz CT molecular complexity index is 1100.